The minimum atomic E-state index is -0.0852. The quantitative estimate of drug-likeness (QED) is 0.779. The van der Waals surface area contributed by atoms with E-state index in [0.717, 1.165) is 5.56 Å². The zero-order valence-corrected chi connectivity index (χ0v) is 14.7. The molecule has 2 unspecified atom stereocenters. The number of carbonyl (C=O) groups excluding carboxylic acids is 2. The number of ether oxygens (including phenoxy) is 1. The predicted molar refractivity (Wildman–Crippen MR) is 91.0 cm³/mol. The van der Waals surface area contributed by atoms with Crippen LogP contribution in [0.1, 0.15) is 41.8 Å². The Bertz CT molecular complexity index is 710. The third kappa shape index (κ3) is 3.91. The highest BCUT2D eigenvalue weighted by molar-refractivity contribution is 7.07. The van der Waals surface area contributed by atoms with Crippen LogP contribution in [0.3, 0.4) is 0 Å². The lowest BCUT2D eigenvalue weighted by molar-refractivity contribution is -0.144. The summed E-state index contributed by atoms with van der Waals surface area (Å²) in [6, 6.07) is 2.03. The van der Waals surface area contributed by atoms with Crippen LogP contribution in [0.2, 0.25) is 0 Å². The average Bonchev–Trinajstić information content (AvgIpc) is 3.23. The first-order chi connectivity index (χ1) is 11.5. The van der Waals surface area contributed by atoms with Crippen LogP contribution in [-0.2, 0) is 16.6 Å². The van der Waals surface area contributed by atoms with Crippen molar-refractivity contribution < 1.29 is 14.3 Å². The Labute approximate surface area is 145 Å². The van der Waals surface area contributed by atoms with Crippen LogP contribution in [0.25, 0.3) is 0 Å². The number of carbonyl (C=O) groups is 2. The molecule has 2 atom stereocenters. The largest absolute Gasteiger partial charge is 0.367 e. The highest BCUT2D eigenvalue weighted by atomic mass is 32.1. The zero-order chi connectivity index (χ0) is 17.1. The summed E-state index contributed by atoms with van der Waals surface area (Å²) in [6.07, 6.45) is 3.54. The third-order valence-electron chi connectivity index (χ3n) is 4.12. The fraction of sp³-hybridized carbons (Fsp3) is 0.471. The van der Waals surface area contributed by atoms with E-state index in [4.69, 9.17) is 4.74 Å². The second kappa shape index (κ2) is 7.27. The van der Waals surface area contributed by atoms with E-state index >= 15 is 0 Å². The van der Waals surface area contributed by atoms with Crippen molar-refractivity contribution in [2.75, 3.05) is 13.1 Å². The minimum absolute atomic E-state index is 0.00243. The number of hydrogen-bond acceptors (Lipinski definition) is 5. The van der Waals surface area contributed by atoms with Gasteiger partial charge in [0.05, 0.1) is 24.4 Å². The van der Waals surface area contributed by atoms with Gasteiger partial charge in [-0.25, -0.2) is 0 Å². The highest BCUT2D eigenvalue weighted by Gasteiger charge is 2.29. The lowest BCUT2D eigenvalue weighted by Crippen LogP contribution is -2.45. The molecule has 3 heterocycles. The first kappa shape index (κ1) is 16.9. The van der Waals surface area contributed by atoms with Crippen molar-refractivity contribution in [3.63, 3.8) is 0 Å². The SMILES string of the molecule is CC1CN(C(=O)CCC(=O)c2cnn(C)c2)CC(c2ccsc2)O1. The Morgan fingerprint density at radius 2 is 2.21 bits per heavy atom. The van der Waals surface area contributed by atoms with Gasteiger partial charge in [0.1, 0.15) is 6.10 Å². The van der Waals surface area contributed by atoms with Gasteiger partial charge in [0.15, 0.2) is 5.78 Å². The molecule has 7 heteroatoms. The van der Waals surface area contributed by atoms with Crippen molar-refractivity contribution in [3.8, 4) is 0 Å². The molecule has 128 valence electrons. The Morgan fingerprint density at radius 3 is 2.88 bits per heavy atom. The van der Waals surface area contributed by atoms with Gasteiger partial charge in [-0.3, -0.25) is 14.3 Å². The Morgan fingerprint density at radius 1 is 1.38 bits per heavy atom. The fourth-order valence-corrected chi connectivity index (χ4v) is 3.59. The third-order valence-corrected chi connectivity index (χ3v) is 4.82. The number of rotatable bonds is 5. The van der Waals surface area contributed by atoms with Crippen LogP contribution in [-0.4, -0.2) is 45.6 Å². The van der Waals surface area contributed by atoms with Crippen LogP contribution in [0.5, 0.6) is 0 Å². The van der Waals surface area contributed by atoms with Crippen molar-refractivity contribution >= 4 is 23.0 Å². The lowest BCUT2D eigenvalue weighted by Gasteiger charge is -2.36. The Kier molecular flexibility index (Phi) is 5.11. The summed E-state index contributed by atoms with van der Waals surface area (Å²) in [5, 5.41) is 8.05. The number of thiophene rings is 1. The van der Waals surface area contributed by atoms with E-state index in [9.17, 15) is 9.59 Å². The summed E-state index contributed by atoms with van der Waals surface area (Å²) < 4.78 is 7.53. The molecule has 24 heavy (non-hydrogen) atoms. The van der Waals surface area contributed by atoms with E-state index in [1.807, 2.05) is 23.3 Å². The van der Waals surface area contributed by atoms with E-state index in [-0.39, 0.29) is 36.7 Å². The second-order valence-corrected chi connectivity index (χ2v) is 6.90. The van der Waals surface area contributed by atoms with Crippen molar-refractivity contribution in [1.29, 1.82) is 0 Å². The molecule has 0 aliphatic carbocycles. The Balaban J connectivity index is 1.57. The number of aryl methyl sites for hydroxylation is 1. The fourth-order valence-electron chi connectivity index (χ4n) is 2.89. The van der Waals surface area contributed by atoms with E-state index in [2.05, 4.69) is 10.5 Å². The maximum Gasteiger partial charge on any atom is 0.223 e. The number of aromatic nitrogens is 2. The van der Waals surface area contributed by atoms with Crippen molar-refractivity contribution in [3.05, 3.63) is 40.3 Å². The number of hydrogen-bond donors (Lipinski definition) is 0. The maximum atomic E-state index is 12.5. The molecule has 6 nitrogen and oxygen atoms in total. The van der Waals surface area contributed by atoms with Crippen LogP contribution in [0.4, 0.5) is 0 Å². The molecule has 0 bridgehead atoms. The molecule has 1 fully saturated rings. The van der Waals surface area contributed by atoms with E-state index < -0.39 is 0 Å². The van der Waals surface area contributed by atoms with Crippen molar-refractivity contribution in [2.24, 2.45) is 7.05 Å². The predicted octanol–water partition coefficient (Wildman–Crippen LogP) is 2.43. The van der Waals surface area contributed by atoms with Gasteiger partial charge in [0, 0.05) is 32.6 Å². The molecule has 2 aromatic rings. The summed E-state index contributed by atoms with van der Waals surface area (Å²) in [5.41, 5.74) is 1.66. The van der Waals surface area contributed by atoms with Gasteiger partial charge in [-0.1, -0.05) is 0 Å². The molecule has 1 aliphatic heterocycles. The molecule has 0 radical (unpaired) electrons. The lowest BCUT2D eigenvalue weighted by atomic mass is 10.1. The minimum Gasteiger partial charge on any atom is -0.367 e. The van der Waals surface area contributed by atoms with Crippen LogP contribution in [0.15, 0.2) is 29.2 Å². The number of morpholine rings is 1. The normalized spacial score (nSPS) is 21.0. The molecule has 0 saturated carbocycles. The van der Waals surface area contributed by atoms with Gasteiger partial charge in [-0.15, -0.1) is 0 Å². The van der Waals surface area contributed by atoms with Gasteiger partial charge in [-0.05, 0) is 29.3 Å². The molecule has 0 aromatic carbocycles. The molecule has 1 saturated heterocycles. The monoisotopic (exact) mass is 347 g/mol. The van der Waals surface area contributed by atoms with E-state index in [1.165, 1.54) is 6.20 Å². The molecular formula is C17H21N3O3S. The van der Waals surface area contributed by atoms with Gasteiger partial charge in [0.2, 0.25) is 5.91 Å². The number of ketones is 1. The number of nitrogens with zero attached hydrogens (tertiary/aromatic N) is 3. The molecule has 0 spiro atoms. The summed E-state index contributed by atoms with van der Waals surface area (Å²) in [5.74, 6) is -0.0465. The van der Waals surface area contributed by atoms with E-state index in [1.54, 1.807) is 29.3 Å². The van der Waals surface area contributed by atoms with E-state index in [0.29, 0.717) is 18.7 Å². The molecule has 1 amide bonds. The molecular weight excluding hydrogens is 326 g/mol. The number of Topliss-reactive ketones (excluding diaryl/α,β-unsaturated/α-hetero) is 1. The van der Waals surface area contributed by atoms with Crippen LogP contribution in [0, 0.1) is 0 Å². The average molecular weight is 347 g/mol. The Hall–Kier alpha value is -1.99. The molecule has 3 rings (SSSR count). The maximum absolute atomic E-state index is 12.5. The first-order valence-electron chi connectivity index (χ1n) is 8.00. The standard InChI is InChI=1S/C17H21N3O3S/c1-12-8-20(10-16(23-12)13-5-6-24-11-13)17(22)4-3-15(21)14-7-18-19(2)9-14/h5-7,9,11-12,16H,3-4,8,10H2,1-2H3. The summed E-state index contributed by atoms with van der Waals surface area (Å²) in [7, 11) is 1.77. The summed E-state index contributed by atoms with van der Waals surface area (Å²) >= 11 is 1.62. The van der Waals surface area contributed by atoms with Gasteiger partial charge in [0.25, 0.3) is 0 Å². The van der Waals surface area contributed by atoms with Crippen molar-refractivity contribution in [1.82, 2.24) is 14.7 Å². The molecule has 0 N–H and O–H groups in total. The van der Waals surface area contributed by atoms with Crippen LogP contribution >= 0.6 is 11.3 Å². The smallest absolute Gasteiger partial charge is 0.223 e. The second-order valence-electron chi connectivity index (χ2n) is 6.12. The van der Waals surface area contributed by atoms with Gasteiger partial charge in [-0.2, -0.15) is 16.4 Å². The van der Waals surface area contributed by atoms with Crippen LogP contribution < -0.4 is 0 Å². The van der Waals surface area contributed by atoms with Gasteiger partial charge < -0.3 is 9.64 Å². The highest BCUT2D eigenvalue weighted by Crippen LogP contribution is 2.27. The molecule has 2 aromatic heterocycles. The zero-order valence-electron chi connectivity index (χ0n) is 13.8. The number of amides is 1. The summed E-state index contributed by atoms with van der Waals surface area (Å²) in [4.78, 5) is 26.4. The molecule has 1 aliphatic rings. The topological polar surface area (TPSA) is 64.4 Å². The van der Waals surface area contributed by atoms with Crippen molar-refractivity contribution in [2.45, 2.75) is 32.0 Å². The van der Waals surface area contributed by atoms with Gasteiger partial charge >= 0.3 is 0 Å². The summed E-state index contributed by atoms with van der Waals surface area (Å²) in [6.45, 7) is 3.08. The first-order valence-corrected chi connectivity index (χ1v) is 8.94.